The van der Waals surface area contributed by atoms with E-state index in [-0.39, 0.29) is 11.7 Å². The number of ketones is 1. The second-order valence-electron chi connectivity index (χ2n) is 4.62. The first-order valence-corrected chi connectivity index (χ1v) is 7.27. The minimum Gasteiger partial charge on any atom is -0.322 e. The Kier molecular flexibility index (Phi) is 3.50. The lowest BCUT2D eigenvalue weighted by atomic mass is 10.1. The molecule has 1 N–H and O–H groups in total. The van der Waals surface area contributed by atoms with Crippen molar-refractivity contribution in [3.05, 3.63) is 59.1 Å². The summed E-state index contributed by atoms with van der Waals surface area (Å²) in [6.45, 7) is 1.50. The van der Waals surface area contributed by atoms with Gasteiger partial charge in [-0.3, -0.25) is 9.59 Å². The maximum Gasteiger partial charge on any atom is 0.255 e. The number of nitrogens with one attached hydrogen (secondary N) is 1. The number of fused-ring (bicyclic) bond motifs is 1. The fourth-order valence-electron chi connectivity index (χ4n) is 2.00. The number of Topliss-reactive ketones (excluding diaryl/α,β-unsaturated/α-hetero) is 1. The van der Waals surface area contributed by atoms with E-state index in [0.717, 1.165) is 10.2 Å². The minimum atomic E-state index is -0.209. The summed E-state index contributed by atoms with van der Waals surface area (Å²) in [5, 5.41) is 2.83. The van der Waals surface area contributed by atoms with Crippen LogP contribution in [0.15, 0.2) is 48.0 Å². The summed E-state index contributed by atoms with van der Waals surface area (Å²) < 4.78 is 1.08. The number of nitrogens with zero attached hydrogens (tertiary/aromatic N) is 1. The predicted octanol–water partition coefficient (Wildman–Crippen LogP) is 3.75. The third-order valence-corrected chi connectivity index (χ3v) is 3.95. The van der Waals surface area contributed by atoms with Crippen molar-refractivity contribution in [2.24, 2.45) is 0 Å². The number of carbonyl (C=O) groups excluding carboxylic acids is 2. The maximum absolute atomic E-state index is 12.2. The second-order valence-corrected chi connectivity index (χ2v) is 5.51. The number of carbonyl (C=O) groups is 2. The predicted molar refractivity (Wildman–Crippen MR) is 84.0 cm³/mol. The molecule has 104 valence electrons. The van der Waals surface area contributed by atoms with Gasteiger partial charge in [-0.25, -0.2) is 4.98 Å². The largest absolute Gasteiger partial charge is 0.322 e. The number of aromatic nitrogens is 1. The number of rotatable bonds is 3. The molecule has 1 aromatic heterocycles. The Balaban J connectivity index is 1.80. The van der Waals surface area contributed by atoms with Crippen molar-refractivity contribution in [1.82, 2.24) is 4.98 Å². The molecule has 3 rings (SSSR count). The molecule has 0 bridgehead atoms. The lowest BCUT2D eigenvalue weighted by Crippen LogP contribution is -2.11. The monoisotopic (exact) mass is 296 g/mol. The number of benzene rings is 2. The zero-order valence-corrected chi connectivity index (χ0v) is 12.1. The number of hydrogen-bond acceptors (Lipinski definition) is 4. The van der Waals surface area contributed by atoms with Crippen LogP contribution in [0.25, 0.3) is 10.2 Å². The van der Waals surface area contributed by atoms with Gasteiger partial charge in [0.2, 0.25) is 0 Å². The normalized spacial score (nSPS) is 10.5. The number of amides is 1. The van der Waals surface area contributed by atoms with Gasteiger partial charge in [-0.05, 0) is 37.3 Å². The van der Waals surface area contributed by atoms with Crippen molar-refractivity contribution < 1.29 is 9.59 Å². The van der Waals surface area contributed by atoms with Crippen LogP contribution in [-0.4, -0.2) is 16.7 Å². The van der Waals surface area contributed by atoms with Crippen LogP contribution in [0.1, 0.15) is 27.6 Å². The summed E-state index contributed by atoms with van der Waals surface area (Å²) in [4.78, 5) is 27.6. The van der Waals surface area contributed by atoms with E-state index in [2.05, 4.69) is 10.3 Å². The summed E-state index contributed by atoms with van der Waals surface area (Å²) in [6, 6.07) is 12.2. The molecule has 0 fully saturated rings. The molecular formula is C16H12N2O2S. The van der Waals surface area contributed by atoms with E-state index in [1.165, 1.54) is 6.92 Å². The van der Waals surface area contributed by atoms with E-state index in [4.69, 9.17) is 0 Å². The van der Waals surface area contributed by atoms with Crippen molar-refractivity contribution in [2.75, 3.05) is 5.32 Å². The van der Waals surface area contributed by atoms with E-state index in [1.54, 1.807) is 41.1 Å². The molecule has 0 saturated carbocycles. The molecule has 0 unspecified atom stereocenters. The minimum absolute atomic E-state index is 0.0176. The van der Waals surface area contributed by atoms with E-state index in [1.807, 2.05) is 18.2 Å². The molecule has 1 heterocycles. The molecule has 4 nitrogen and oxygen atoms in total. The first-order valence-electron chi connectivity index (χ1n) is 6.39. The lowest BCUT2D eigenvalue weighted by Gasteiger charge is -2.05. The summed E-state index contributed by atoms with van der Waals surface area (Å²) in [6.07, 6.45) is 0. The number of thiazole rings is 1. The van der Waals surface area contributed by atoms with Gasteiger partial charge in [0.25, 0.3) is 5.91 Å². The van der Waals surface area contributed by atoms with Crippen molar-refractivity contribution in [2.45, 2.75) is 6.92 Å². The molecule has 0 aliphatic heterocycles. The molecule has 0 aliphatic carbocycles. The van der Waals surface area contributed by atoms with Crippen LogP contribution in [0.3, 0.4) is 0 Å². The molecule has 0 aliphatic rings. The highest BCUT2D eigenvalue weighted by Crippen LogP contribution is 2.21. The maximum atomic E-state index is 12.2. The van der Waals surface area contributed by atoms with Gasteiger partial charge in [0.15, 0.2) is 5.78 Å². The Labute approximate surface area is 125 Å². The first kappa shape index (κ1) is 13.5. The Morgan fingerprint density at radius 1 is 1.05 bits per heavy atom. The number of hydrogen-bond donors (Lipinski definition) is 1. The lowest BCUT2D eigenvalue weighted by molar-refractivity contribution is 0.101. The smallest absolute Gasteiger partial charge is 0.255 e. The molecule has 2 aromatic carbocycles. The first-order chi connectivity index (χ1) is 10.1. The van der Waals surface area contributed by atoms with Crippen molar-refractivity contribution in [3.8, 4) is 0 Å². The van der Waals surface area contributed by atoms with Gasteiger partial charge >= 0.3 is 0 Å². The third kappa shape index (κ3) is 2.83. The van der Waals surface area contributed by atoms with E-state index < -0.39 is 0 Å². The summed E-state index contributed by atoms with van der Waals surface area (Å²) in [7, 11) is 0. The fraction of sp³-hybridized carbons (Fsp3) is 0.0625. The topological polar surface area (TPSA) is 59.1 Å². The standard InChI is InChI=1S/C16H12N2O2S/c1-10(19)11-2-4-12(5-3-11)16(20)18-13-6-7-15-14(8-13)17-9-21-15/h2-9H,1H3,(H,18,20). The van der Waals surface area contributed by atoms with Gasteiger partial charge in [0, 0.05) is 16.8 Å². The zero-order valence-electron chi connectivity index (χ0n) is 11.3. The van der Waals surface area contributed by atoms with Gasteiger partial charge in [0.05, 0.1) is 15.7 Å². The molecule has 0 radical (unpaired) electrons. The highest BCUT2D eigenvalue weighted by atomic mass is 32.1. The van der Waals surface area contributed by atoms with Gasteiger partial charge in [-0.2, -0.15) is 0 Å². The molecule has 3 aromatic rings. The van der Waals surface area contributed by atoms with Crippen LogP contribution >= 0.6 is 11.3 Å². The van der Waals surface area contributed by atoms with Crippen LogP contribution in [-0.2, 0) is 0 Å². The van der Waals surface area contributed by atoms with Crippen LogP contribution in [0, 0.1) is 0 Å². The highest BCUT2D eigenvalue weighted by molar-refractivity contribution is 7.16. The Morgan fingerprint density at radius 2 is 1.76 bits per heavy atom. The van der Waals surface area contributed by atoms with E-state index >= 15 is 0 Å². The van der Waals surface area contributed by atoms with Gasteiger partial charge < -0.3 is 5.32 Å². The quantitative estimate of drug-likeness (QED) is 0.749. The van der Waals surface area contributed by atoms with Crippen molar-refractivity contribution in [3.63, 3.8) is 0 Å². The van der Waals surface area contributed by atoms with E-state index in [9.17, 15) is 9.59 Å². The fourth-order valence-corrected chi connectivity index (χ4v) is 2.65. The van der Waals surface area contributed by atoms with Gasteiger partial charge in [-0.15, -0.1) is 11.3 Å². The molecular weight excluding hydrogens is 284 g/mol. The Bertz CT molecular complexity index is 822. The summed E-state index contributed by atoms with van der Waals surface area (Å²) in [5.74, 6) is -0.226. The van der Waals surface area contributed by atoms with Crippen LogP contribution in [0.4, 0.5) is 5.69 Å². The van der Waals surface area contributed by atoms with Gasteiger partial charge in [0.1, 0.15) is 0 Å². The average molecular weight is 296 g/mol. The molecule has 21 heavy (non-hydrogen) atoms. The molecule has 0 saturated heterocycles. The summed E-state index contributed by atoms with van der Waals surface area (Å²) in [5.41, 5.74) is 4.45. The van der Waals surface area contributed by atoms with Gasteiger partial charge in [-0.1, -0.05) is 12.1 Å². The van der Waals surface area contributed by atoms with Crippen LogP contribution in [0.2, 0.25) is 0 Å². The van der Waals surface area contributed by atoms with E-state index in [0.29, 0.717) is 16.8 Å². The summed E-state index contributed by atoms with van der Waals surface area (Å²) >= 11 is 1.56. The average Bonchev–Trinajstić information content (AvgIpc) is 2.95. The zero-order chi connectivity index (χ0) is 14.8. The highest BCUT2D eigenvalue weighted by Gasteiger charge is 2.08. The Morgan fingerprint density at radius 3 is 2.48 bits per heavy atom. The molecule has 1 amide bonds. The van der Waals surface area contributed by atoms with Crippen molar-refractivity contribution in [1.29, 1.82) is 0 Å². The number of anilines is 1. The second kappa shape index (κ2) is 5.46. The van der Waals surface area contributed by atoms with Crippen LogP contribution in [0.5, 0.6) is 0 Å². The third-order valence-electron chi connectivity index (χ3n) is 3.14. The Hall–Kier alpha value is -2.53. The SMILES string of the molecule is CC(=O)c1ccc(C(=O)Nc2ccc3scnc3c2)cc1. The molecule has 0 atom stereocenters. The van der Waals surface area contributed by atoms with Crippen LogP contribution < -0.4 is 5.32 Å². The molecule has 5 heteroatoms. The van der Waals surface area contributed by atoms with Crippen molar-refractivity contribution >= 4 is 38.9 Å². The molecule has 0 spiro atoms.